The Balaban J connectivity index is 1.85. The fourth-order valence-corrected chi connectivity index (χ4v) is 2.78. The first-order valence-corrected chi connectivity index (χ1v) is 7.78. The van der Waals surface area contributed by atoms with Gasteiger partial charge in [0, 0.05) is 4.47 Å². The van der Waals surface area contributed by atoms with Crippen molar-refractivity contribution in [3.8, 4) is 5.69 Å². The van der Waals surface area contributed by atoms with Crippen molar-refractivity contribution in [2.75, 3.05) is 5.32 Å². The summed E-state index contributed by atoms with van der Waals surface area (Å²) in [6.07, 6.45) is 3.11. The Morgan fingerprint density at radius 2 is 2.00 bits per heavy atom. The van der Waals surface area contributed by atoms with Gasteiger partial charge in [-0.1, -0.05) is 29.8 Å². The fraction of sp³-hybridized carbons (Fsp3) is 0. The number of nitrogens with one attached hydrogen (secondary N) is 1. The van der Waals surface area contributed by atoms with Crippen molar-refractivity contribution in [1.29, 1.82) is 0 Å². The van der Waals surface area contributed by atoms with Gasteiger partial charge in [0.25, 0.3) is 5.91 Å². The molecule has 0 unspecified atom stereocenters. The highest BCUT2D eigenvalue weighted by Gasteiger charge is 2.16. The number of carbonyl (C=O) groups excluding carboxylic acids is 1. The number of para-hydroxylation sites is 1. The van der Waals surface area contributed by atoms with E-state index < -0.39 is 11.7 Å². The molecular weight excluding hydrogens is 385 g/mol. The number of nitrogens with zero attached hydrogens (tertiary/aromatic N) is 2. The molecule has 0 aliphatic rings. The Morgan fingerprint density at radius 1 is 1.22 bits per heavy atom. The van der Waals surface area contributed by atoms with Gasteiger partial charge in [0.1, 0.15) is 5.82 Å². The fourth-order valence-electron chi connectivity index (χ4n) is 2.06. The molecule has 0 bridgehead atoms. The lowest BCUT2D eigenvalue weighted by molar-refractivity contribution is 0.102. The van der Waals surface area contributed by atoms with Gasteiger partial charge >= 0.3 is 0 Å². The summed E-state index contributed by atoms with van der Waals surface area (Å²) in [7, 11) is 0. The summed E-state index contributed by atoms with van der Waals surface area (Å²) < 4.78 is 16.2. The molecule has 0 atom stereocenters. The highest BCUT2D eigenvalue weighted by atomic mass is 79.9. The van der Waals surface area contributed by atoms with E-state index in [1.165, 1.54) is 24.4 Å². The molecule has 4 nitrogen and oxygen atoms in total. The lowest BCUT2D eigenvalue weighted by atomic mass is 10.2. The second-order valence-electron chi connectivity index (χ2n) is 4.68. The molecule has 2 aromatic carbocycles. The first kappa shape index (κ1) is 15.7. The molecule has 0 fully saturated rings. The van der Waals surface area contributed by atoms with Gasteiger partial charge in [-0.15, -0.1) is 0 Å². The average Bonchev–Trinajstić information content (AvgIpc) is 2.95. The first-order chi connectivity index (χ1) is 11.1. The summed E-state index contributed by atoms with van der Waals surface area (Å²) >= 11 is 9.32. The standard InChI is InChI=1S/C16H10BrClFN3O/c17-11-4-1-2-7-14(11)22-9-10(8-20-22)21-16(23)15-12(18)5-3-6-13(15)19/h1-9H,(H,21,23). The van der Waals surface area contributed by atoms with Crippen molar-refractivity contribution in [2.24, 2.45) is 0 Å². The summed E-state index contributed by atoms with van der Waals surface area (Å²) in [6.45, 7) is 0. The zero-order chi connectivity index (χ0) is 16.4. The van der Waals surface area contributed by atoms with Crippen molar-refractivity contribution in [2.45, 2.75) is 0 Å². The van der Waals surface area contributed by atoms with Crippen LogP contribution in [0.3, 0.4) is 0 Å². The van der Waals surface area contributed by atoms with Crippen LogP contribution in [0.25, 0.3) is 5.69 Å². The van der Waals surface area contributed by atoms with E-state index in [9.17, 15) is 9.18 Å². The number of hydrogen-bond donors (Lipinski definition) is 1. The van der Waals surface area contributed by atoms with Crippen LogP contribution in [0.4, 0.5) is 10.1 Å². The highest BCUT2D eigenvalue weighted by molar-refractivity contribution is 9.10. The van der Waals surface area contributed by atoms with Gasteiger partial charge in [-0.05, 0) is 40.2 Å². The molecule has 1 N–H and O–H groups in total. The van der Waals surface area contributed by atoms with E-state index in [0.29, 0.717) is 5.69 Å². The van der Waals surface area contributed by atoms with Crippen molar-refractivity contribution in [3.05, 3.63) is 75.7 Å². The maximum absolute atomic E-state index is 13.8. The summed E-state index contributed by atoms with van der Waals surface area (Å²) in [6, 6.07) is 11.6. The van der Waals surface area contributed by atoms with Crippen LogP contribution in [0.2, 0.25) is 5.02 Å². The van der Waals surface area contributed by atoms with E-state index >= 15 is 0 Å². The van der Waals surface area contributed by atoms with Crippen molar-refractivity contribution >= 4 is 39.1 Å². The highest BCUT2D eigenvalue weighted by Crippen LogP contribution is 2.23. The number of rotatable bonds is 3. The Bertz CT molecular complexity index is 861. The molecule has 0 radical (unpaired) electrons. The molecule has 1 amide bonds. The Kier molecular flexibility index (Phi) is 4.45. The van der Waals surface area contributed by atoms with E-state index in [1.807, 2.05) is 24.3 Å². The largest absolute Gasteiger partial charge is 0.319 e. The second kappa shape index (κ2) is 6.52. The van der Waals surface area contributed by atoms with Crippen LogP contribution < -0.4 is 5.32 Å². The molecular formula is C16H10BrClFN3O. The van der Waals surface area contributed by atoms with E-state index in [0.717, 1.165) is 10.2 Å². The summed E-state index contributed by atoms with van der Waals surface area (Å²) in [5.41, 5.74) is 1.06. The predicted octanol–water partition coefficient (Wildman–Crippen LogP) is 4.68. The van der Waals surface area contributed by atoms with E-state index in [2.05, 4.69) is 26.3 Å². The molecule has 0 saturated heterocycles. The van der Waals surface area contributed by atoms with Gasteiger partial charge in [0.15, 0.2) is 0 Å². The number of carbonyl (C=O) groups is 1. The third kappa shape index (κ3) is 3.28. The molecule has 3 aromatic rings. The lowest BCUT2D eigenvalue weighted by Crippen LogP contribution is -2.14. The monoisotopic (exact) mass is 393 g/mol. The van der Waals surface area contributed by atoms with Crippen LogP contribution in [-0.4, -0.2) is 15.7 Å². The zero-order valence-electron chi connectivity index (χ0n) is 11.6. The van der Waals surface area contributed by atoms with Crippen LogP contribution in [0.1, 0.15) is 10.4 Å². The van der Waals surface area contributed by atoms with E-state index in [4.69, 9.17) is 11.6 Å². The minimum absolute atomic E-state index is 0.0562. The van der Waals surface area contributed by atoms with E-state index in [-0.39, 0.29) is 10.6 Å². The quantitative estimate of drug-likeness (QED) is 0.701. The summed E-state index contributed by atoms with van der Waals surface area (Å²) in [5.74, 6) is -1.30. The molecule has 0 aliphatic heterocycles. The molecule has 0 spiro atoms. The number of aromatic nitrogens is 2. The maximum Gasteiger partial charge on any atom is 0.260 e. The van der Waals surface area contributed by atoms with Gasteiger partial charge in [0.05, 0.1) is 34.4 Å². The molecule has 3 rings (SSSR count). The molecule has 1 aromatic heterocycles. The number of hydrogen-bond acceptors (Lipinski definition) is 2. The van der Waals surface area contributed by atoms with Crippen LogP contribution in [0.15, 0.2) is 59.3 Å². The zero-order valence-corrected chi connectivity index (χ0v) is 14.0. The minimum atomic E-state index is -0.673. The maximum atomic E-state index is 13.8. The van der Waals surface area contributed by atoms with Crippen LogP contribution in [0.5, 0.6) is 0 Å². The third-order valence-electron chi connectivity index (χ3n) is 3.13. The topological polar surface area (TPSA) is 46.9 Å². The Morgan fingerprint density at radius 3 is 2.74 bits per heavy atom. The van der Waals surface area contributed by atoms with Crippen LogP contribution in [0, 0.1) is 5.82 Å². The van der Waals surface area contributed by atoms with Crippen molar-refractivity contribution in [1.82, 2.24) is 9.78 Å². The van der Waals surface area contributed by atoms with Gasteiger partial charge in [0.2, 0.25) is 0 Å². The predicted molar refractivity (Wildman–Crippen MR) is 90.6 cm³/mol. The van der Waals surface area contributed by atoms with Crippen LogP contribution in [-0.2, 0) is 0 Å². The molecule has 0 saturated carbocycles. The summed E-state index contributed by atoms with van der Waals surface area (Å²) in [4.78, 5) is 12.2. The average molecular weight is 395 g/mol. The van der Waals surface area contributed by atoms with Gasteiger partial charge < -0.3 is 5.32 Å². The number of anilines is 1. The van der Waals surface area contributed by atoms with Crippen LogP contribution >= 0.6 is 27.5 Å². The molecule has 116 valence electrons. The molecule has 23 heavy (non-hydrogen) atoms. The third-order valence-corrected chi connectivity index (χ3v) is 4.12. The van der Waals surface area contributed by atoms with Crippen molar-refractivity contribution < 1.29 is 9.18 Å². The smallest absolute Gasteiger partial charge is 0.260 e. The van der Waals surface area contributed by atoms with Gasteiger partial charge in [-0.3, -0.25) is 4.79 Å². The summed E-state index contributed by atoms with van der Waals surface area (Å²) in [5, 5.41) is 6.83. The molecule has 1 heterocycles. The van der Waals surface area contributed by atoms with E-state index in [1.54, 1.807) is 10.9 Å². The lowest BCUT2D eigenvalue weighted by Gasteiger charge is -2.06. The minimum Gasteiger partial charge on any atom is -0.319 e. The Labute approximate surface area is 145 Å². The van der Waals surface area contributed by atoms with Gasteiger partial charge in [-0.25, -0.2) is 9.07 Å². The SMILES string of the molecule is O=C(Nc1cnn(-c2ccccc2Br)c1)c1c(F)cccc1Cl. The molecule has 7 heteroatoms. The number of halogens is 3. The van der Waals surface area contributed by atoms with Crippen molar-refractivity contribution in [3.63, 3.8) is 0 Å². The number of benzene rings is 2. The second-order valence-corrected chi connectivity index (χ2v) is 5.94. The van der Waals surface area contributed by atoms with Gasteiger partial charge in [-0.2, -0.15) is 5.10 Å². The number of amides is 1. The Hall–Kier alpha value is -2.18. The first-order valence-electron chi connectivity index (χ1n) is 6.61. The molecule has 0 aliphatic carbocycles. The normalized spacial score (nSPS) is 10.6.